The number of benzene rings is 1. The van der Waals surface area contributed by atoms with Gasteiger partial charge in [0, 0.05) is 14.7 Å². The first-order chi connectivity index (χ1) is 9.97. The lowest BCUT2D eigenvalue weighted by Gasteiger charge is -2.16. The molecule has 0 aliphatic heterocycles. The fraction of sp³-hybridized carbons (Fsp3) is 0.467. The minimum atomic E-state index is -1.06. The Morgan fingerprint density at radius 3 is 2.62 bits per heavy atom. The van der Waals surface area contributed by atoms with Gasteiger partial charge in [-0.25, -0.2) is 9.67 Å². The summed E-state index contributed by atoms with van der Waals surface area (Å²) in [6.07, 6.45) is 1.53. The van der Waals surface area contributed by atoms with Gasteiger partial charge in [0.25, 0.3) is 0 Å². The van der Waals surface area contributed by atoms with E-state index in [1.807, 2.05) is 30.3 Å². The van der Waals surface area contributed by atoms with Gasteiger partial charge >= 0.3 is 0 Å². The number of hydrogen-bond acceptors (Lipinski definition) is 4. The summed E-state index contributed by atoms with van der Waals surface area (Å²) in [5, 5.41) is 4.21. The van der Waals surface area contributed by atoms with E-state index < -0.39 is 8.07 Å². The summed E-state index contributed by atoms with van der Waals surface area (Å²) in [5.41, 5.74) is 7.29. The highest BCUT2D eigenvalue weighted by atomic mass is 28.3. The van der Waals surface area contributed by atoms with Gasteiger partial charge in [-0.1, -0.05) is 50.0 Å². The van der Waals surface area contributed by atoms with Crippen LogP contribution in [-0.4, -0.2) is 29.4 Å². The Labute approximate surface area is 127 Å². The summed E-state index contributed by atoms with van der Waals surface area (Å²) in [7, 11) is -1.06. The zero-order valence-corrected chi connectivity index (χ0v) is 14.0. The SMILES string of the molecule is C[Si](C)(C)CCOCn1ncnc1C(N)c1ccccc1. The van der Waals surface area contributed by atoms with Crippen molar-refractivity contribution in [2.24, 2.45) is 5.73 Å². The summed E-state index contributed by atoms with van der Waals surface area (Å²) in [6.45, 7) is 8.17. The van der Waals surface area contributed by atoms with Gasteiger partial charge in [0.05, 0.1) is 6.04 Å². The maximum atomic E-state index is 6.26. The van der Waals surface area contributed by atoms with Crippen molar-refractivity contribution in [1.82, 2.24) is 14.8 Å². The first-order valence-corrected chi connectivity index (χ1v) is 10.9. The van der Waals surface area contributed by atoms with E-state index in [0.29, 0.717) is 6.73 Å². The number of ether oxygens (including phenoxy) is 1. The number of hydrogen-bond donors (Lipinski definition) is 1. The molecule has 2 rings (SSSR count). The summed E-state index contributed by atoms with van der Waals surface area (Å²) in [4.78, 5) is 4.28. The Balaban J connectivity index is 1.96. The van der Waals surface area contributed by atoms with Crippen molar-refractivity contribution < 1.29 is 4.74 Å². The second kappa shape index (κ2) is 6.97. The lowest BCUT2D eigenvalue weighted by atomic mass is 10.1. The van der Waals surface area contributed by atoms with E-state index in [1.165, 1.54) is 6.33 Å². The largest absolute Gasteiger partial charge is 0.359 e. The maximum absolute atomic E-state index is 6.26. The van der Waals surface area contributed by atoms with E-state index in [2.05, 4.69) is 29.7 Å². The van der Waals surface area contributed by atoms with Crippen molar-refractivity contribution in [3.8, 4) is 0 Å². The Morgan fingerprint density at radius 1 is 1.24 bits per heavy atom. The normalized spacial score (nSPS) is 13.3. The van der Waals surface area contributed by atoms with Crippen LogP contribution in [0.15, 0.2) is 36.7 Å². The topological polar surface area (TPSA) is 66.0 Å². The van der Waals surface area contributed by atoms with Crippen LogP contribution in [0.2, 0.25) is 25.7 Å². The molecule has 0 aliphatic rings. The highest BCUT2D eigenvalue weighted by Crippen LogP contribution is 2.17. The Bertz CT molecular complexity index is 550. The molecule has 0 fully saturated rings. The monoisotopic (exact) mass is 304 g/mol. The molecule has 0 aliphatic carbocycles. The van der Waals surface area contributed by atoms with E-state index in [-0.39, 0.29) is 6.04 Å². The third kappa shape index (κ3) is 4.77. The van der Waals surface area contributed by atoms with Crippen LogP contribution in [0.25, 0.3) is 0 Å². The molecule has 0 saturated carbocycles. The van der Waals surface area contributed by atoms with Gasteiger partial charge in [-0.2, -0.15) is 5.10 Å². The van der Waals surface area contributed by atoms with Crippen LogP contribution in [-0.2, 0) is 11.5 Å². The smallest absolute Gasteiger partial charge is 0.150 e. The van der Waals surface area contributed by atoms with Crippen LogP contribution in [0, 0.1) is 0 Å². The molecule has 1 aromatic heterocycles. The fourth-order valence-electron chi connectivity index (χ4n) is 1.95. The maximum Gasteiger partial charge on any atom is 0.150 e. The van der Waals surface area contributed by atoms with E-state index in [9.17, 15) is 0 Å². The van der Waals surface area contributed by atoms with Crippen molar-refractivity contribution in [3.63, 3.8) is 0 Å². The van der Waals surface area contributed by atoms with E-state index in [0.717, 1.165) is 24.0 Å². The molecule has 5 nitrogen and oxygen atoms in total. The zero-order chi connectivity index (χ0) is 15.3. The Kier molecular flexibility index (Phi) is 5.27. The first-order valence-electron chi connectivity index (χ1n) is 7.23. The molecular weight excluding hydrogens is 280 g/mol. The molecule has 2 aromatic rings. The quantitative estimate of drug-likeness (QED) is 0.631. The molecule has 1 atom stereocenters. The van der Waals surface area contributed by atoms with Gasteiger partial charge in [0.1, 0.15) is 13.1 Å². The zero-order valence-electron chi connectivity index (χ0n) is 13.0. The lowest BCUT2D eigenvalue weighted by molar-refractivity contribution is 0.0756. The highest BCUT2D eigenvalue weighted by Gasteiger charge is 2.16. The summed E-state index contributed by atoms with van der Waals surface area (Å²) < 4.78 is 7.46. The van der Waals surface area contributed by atoms with Gasteiger partial charge in [-0.15, -0.1) is 0 Å². The Hall–Kier alpha value is -1.50. The van der Waals surface area contributed by atoms with Gasteiger partial charge in [0.15, 0.2) is 5.82 Å². The van der Waals surface area contributed by atoms with Crippen LogP contribution >= 0.6 is 0 Å². The fourth-order valence-corrected chi connectivity index (χ4v) is 2.71. The number of rotatable bonds is 7. The lowest BCUT2D eigenvalue weighted by Crippen LogP contribution is -2.23. The standard InChI is InChI=1S/C15H24N4OSi/c1-21(2,3)10-9-20-12-19-15(17-11-18-19)14(16)13-7-5-4-6-8-13/h4-8,11,14H,9-10,12,16H2,1-3H3. The van der Waals surface area contributed by atoms with Crippen LogP contribution in [0.1, 0.15) is 17.4 Å². The third-order valence-electron chi connectivity index (χ3n) is 3.29. The van der Waals surface area contributed by atoms with Crippen LogP contribution < -0.4 is 5.73 Å². The predicted molar refractivity (Wildman–Crippen MR) is 86.6 cm³/mol. The van der Waals surface area contributed by atoms with Crippen molar-refractivity contribution in [2.45, 2.75) is 38.5 Å². The van der Waals surface area contributed by atoms with Crippen molar-refractivity contribution in [1.29, 1.82) is 0 Å². The minimum Gasteiger partial charge on any atom is -0.359 e. The summed E-state index contributed by atoms with van der Waals surface area (Å²) in [5.74, 6) is 0.731. The molecule has 21 heavy (non-hydrogen) atoms. The van der Waals surface area contributed by atoms with Crippen LogP contribution in [0.3, 0.4) is 0 Å². The minimum absolute atomic E-state index is 0.283. The number of aromatic nitrogens is 3. The molecule has 1 unspecified atom stereocenters. The van der Waals surface area contributed by atoms with Gasteiger partial charge in [0.2, 0.25) is 0 Å². The first kappa shape index (κ1) is 15.9. The molecule has 0 spiro atoms. The van der Waals surface area contributed by atoms with Crippen molar-refractivity contribution in [2.75, 3.05) is 6.61 Å². The van der Waals surface area contributed by atoms with E-state index in [4.69, 9.17) is 10.5 Å². The molecule has 0 saturated heterocycles. The molecule has 0 bridgehead atoms. The molecule has 6 heteroatoms. The van der Waals surface area contributed by atoms with Gasteiger partial charge < -0.3 is 10.5 Å². The number of nitrogens with two attached hydrogens (primary N) is 1. The van der Waals surface area contributed by atoms with Crippen molar-refractivity contribution in [3.05, 3.63) is 48.0 Å². The Morgan fingerprint density at radius 2 is 1.95 bits per heavy atom. The van der Waals surface area contributed by atoms with Crippen molar-refractivity contribution >= 4 is 8.07 Å². The second-order valence-corrected chi connectivity index (χ2v) is 12.0. The average molecular weight is 304 g/mol. The summed E-state index contributed by atoms with van der Waals surface area (Å²) in [6, 6.07) is 10.8. The van der Waals surface area contributed by atoms with E-state index >= 15 is 0 Å². The second-order valence-electron chi connectivity index (χ2n) is 6.35. The molecule has 1 aromatic carbocycles. The molecule has 0 amide bonds. The van der Waals surface area contributed by atoms with Crippen LogP contribution in [0.4, 0.5) is 0 Å². The molecule has 1 heterocycles. The predicted octanol–water partition coefficient (Wildman–Crippen LogP) is 2.64. The molecule has 0 radical (unpaired) electrons. The van der Waals surface area contributed by atoms with Crippen LogP contribution in [0.5, 0.6) is 0 Å². The molecule has 114 valence electrons. The molecular formula is C15H24N4OSi. The average Bonchev–Trinajstić information content (AvgIpc) is 2.91. The van der Waals surface area contributed by atoms with E-state index in [1.54, 1.807) is 4.68 Å². The van der Waals surface area contributed by atoms with Gasteiger partial charge in [-0.3, -0.25) is 0 Å². The number of nitrogens with zero attached hydrogens (tertiary/aromatic N) is 3. The summed E-state index contributed by atoms with van der Waals surface area (Å²) >= 11 is 0. The molecule has 2 N–H and O–H groups in total. The third-order valence-corrected chi connectivity index (χ3v) is 5.00. The van der Waals surface area contributed by atoms with Gasteiger partial charge in [-0.05, 0) is 11.6 Å². The highest BCUT2D eigenvalue weighted by molar-refractivity contribution is 6.76.